The zero-order chi connectivity index (χ0) is 15.4. The second-order valence-corrected chi connectivity index (χ2v) is 6.56. The van der Waals surface area contributed by atoms with Crippen LogP contribution in [0.5, 0.6) is 0 Å². The van der Waals surface area contributed by atoms with E-state index in [0.29, 0.717) is 28.6 Å². The number of carboxylic acids is 1. The summed E-state index contributed by atoms with van der Waals surface area (Å²) in [7, 11) is 0. The minimum Gasteiger partial charge on any atom is -0.480 e. The number of aliphatic carboxylic acids is 1. The molecule has 1 atom stereocenters. The van der Waals surface area contributed by atoms with Gasteiger partial charge < -0.3 is 10.8 Å². The number of aromatic nitrogens is 3. The van der Waals surface area contributed by atoms with E-state index in [1.165, 1.54) is 33.7 Å². The largest absolute Gasteiger partial charge is 0.480 e. The molecule has 0 saturated heterocycles. The molecule has 0 spiro atoms. The average molecular weight is 328 g/mol. The minimum absolute atomic E-state index is 0.186. The van der Waals surface area contributed by atoms with Crippen LogP contribution < -0.4 is 11.3 Å². The van der Waals surface area contributed by atoms with Crippen molar-refractivity contribution in [3.05, 3.63) is 27.1 Å². The highest BCUT2D eigenvalue weighted by Crippen LogP contribution is 2.15. The lowest BCUT2D eigenvalue weighted by atomic mass is 10.2. The van der Waals surface area contributed by atoms with Crippen LogP contribution in [0.25, 0.3) is 4.96 Å². The van der Waals surface area contributed by atoms with E-state index in [0.717, 1.165) is 11.4 Å². The standard InChI is InChI=1S/C12H16N4O3S2/c1-2-9-15-16-10(17)5-7(14-12(16)21-9)6-20-4-3-8(13)11(18)19/h5,8H,2-4,6,13H2,1H3,(H,18,19). The Morgan fingerprint density at radius 1 is 1.62 bits per heavy atom. The number of nitrogens with two attached hydrogens (primary N) is 1. The van der Waals surface area contributed by atoms with Gasteiger partial charge in [-0.15, -0.1) is 0 Å². The molecule has 0 radical (unpaired) electrons. The molecule has 0 aliphatic carbocycles. The molecule has 114 valence electrons. The van der Waals surface area contributed by atoms with Gasteiger partial charge in [-0.25, -0.2) is 4.98 Å². The van der Waals surface area contributed by atoms with Gasteiger partial charge in [0.25, 0.3) is 5.56 Å². The van der Waals surface area contributed by atoms with Crippen LogP contribution in [0.15, 0.2) is 10.9 Å². The molecule has 2 aromatic rings. The molecule has 0 aliphatic heterocycles. The third-order valence-corrected chi connectivity index (χ3v) is 4.86. The van der Waals surface area contributed by atoms with Crippen LogP contribution in [0.2, 0.25) is 0 Å². The summed E-state index contributed by atoms with van der Waals surface area (Å²) in [6.07, 6.45) is 1.16. The number of carbonyl (C=O) groups is 1. The number of carboxylic acid groups (broad SMARTS) is 1. The molecule has 2 heterocycles. The summed E-state index contributed by atoms with van der Waals surface area (Å²) in [5.41, 5.74) is 5.92. The van der Waals surface area contributed by atoms with E-state index < -0.39 is 12.0 Å². The van der Waals surface area contributed by atoms with Crippen LogP contribution in [0.3, 0.4) is 0 Å². The summed E-state index contributed by atoms with van der Waals surface area (Å²) in [6, 6.07) is 0.628. The number of hydrogen-bond acceptors (Lipinski definition) is 7. The van der Waals surface area contributed by atoms with Crippen LogP contribution in [0, 0.1) is 0 Å². The first-order valence-corrected chi connectivity index (χ1v) is 8.43. The van der Waals surface area contributed by atoms with E-state index in [2.05, 4.69) is 10.1 Å². The summed E-state index contributed by atoms with van der Waals surface area (Å²) < 4.78 is 1.32. The van der Waals surface area contributed by atoms with E-state index in [4.69, 9.17) is 10.8 Å². The molecule has 0 amide bonds. The van der Waals surface area contributed by atoms with E-state index in [1.54, 1.807) is 0 Å². The van der Waals surface area contributed by atoms with Crippen LogP contribution in [0.4, 0.5) is 0 Å². The third-order valence-electron chi connectivity index (χ3n) is 2.78. The Kier molecular flexibility index (Phi) is 5.32. The molecule has 2 aromatic heterocycles. The first-order chi connectivity index (χ1) is 10.0. The van der Waals surface area contributed by atoms with Crippen molar-refractivity contribution in [1.82, 2.24) is 14.6 Å². The van der Waals surface area contributed by atoms with Crippen molar-refractivity contribution in [1.29, 1.82) is 0 Å². The topological polar surface area (TPSA) is 111 Å². The highest BCUT2D eigenvalue weighted by atomic mass is 32.2. The van der Waals surface area contributed by atoms with Gasteiger partial charge in [0.05, 0.1) is 5.69 Å². The molecule has 1 unspecified atom stereocenters. The quantitative estimate of drug-likeness (QED) is 0.721. The predicted molar refractivity (Wildman–Crippen MR) is 82.9 cm³/mol. The fraction of sp³-hybridized carbons (Fsp3) is 0.500. The van der Waals surface area contributed by atoms with Crippen molar-refractivity contribution in [2.24, 2.45) is 5.73 Å². The second-order valence-electron chi connectivity index (χ2n) is 4.42. The van der Waals surface area contributed by atoms with E-state index in [9.17, 15) is 9.59 Å². The molecule has 0 bridgehead atoms. The van der Waals surface area contributed by atoms with Gasteiger partial charge in [-0.1, -0.05) is 18.3 Å². The lowest BCUT2D eigenvalue weighted by molar-refractivity contribution is -0.138. The molecule has 0 saturated carbocycles. The summed E-state index contributed by atoms with van der Waals surface area (Å²) >= 11 is 2.92. The Balaban J connectivity index is 1.99. The maximum atomic E-state index is 11.9. The van der Waals surface area contributed by atoms with Crippen LogP contribution in [-0.2, 0) is 17.0 Å². The van der Waals surface area contributed by atoms with Crippen molar-refractivity contribution in [2.75, 3.05) is 5.75 Å². The number of thioether (sulfide) groups is 1. The second kappa shape index (κ2) is 7.01. The van der Waals surface area contributed by atoms with Crippen LogP contribution in [0.1, 0.15) is 24.0 Å². The maximum Gasteiger partial charge on any atom is 0.320 e. The number of hydrogen-bond donors (Lipinski definition) is 2. The summed E-state index contributed by atoms with van der Waals surface area (Å²) in [6.45, 7) is 1.98. The van der Waals surface area contributed by atoms with Gasteiger partial charge in [0, 0.05) is 11.8 Å². The van der Waals surface area contributed by atoms with Crippen molar-refractivity contribution >= 4 is 34.0 Å². The molecule has 0 fully saturated rings. The molecule has 2 rings (SSSR count). The SMILES string of the molecule is CCc1nn2c(=O)cc(CSCCC(N)C(=O)O)nc2s1. The Bertz CT molecular complexity index is 697. The Morgan fingerprint density at radius 3 is 3.05 bits per heavy atom. The zero-order valence-corrected chi connectivity index (χ0v) is 13.1. The molecular formula is C12H16N4O3S2. The Hall–Kier alpha value is -1.45. The lowest BCUT2D eigenvalue weighted by Gasteiger charge is -2.05. The third kappa shape index (κ3) is 4.02. The smallest absolute Gasteiger partial charge is 0.320 e. The molecule has 0 aliphatic rings. The normalized spacial score (nSPS) is 12.7. The summed E-state index contributed by atoms with van der Waals surface area (Å²) in [5, 5.41) is 13.7. The molecule has 21 heavy (non-hydrogen) atoms. The Labute approximate surface area is 129 Å². The van der Waals surface area contributed by atoms with E-state index >= 15 is 0 Å². The predicted octanol–water partition coefficient (Wildman–Crippen LogP) is 0.749. The summed E-state index contributed by atoms with van der Waals surface area (Å²) in [4.78, 5) is 27.5. The molecule has 9 heteroatoms. The monoisotopic (exact) mass is 328 g/mol. The molecule has 7 nitrogen and oxygen atoms in total. The Morgan fingerprint density at radius 2 is 2.38 bits per heavy atom. The summed E-state index contributed by atoms with van der Waals surface area (Å²) in [5.74, 6) is 0.166. The van der Waals surface area contributed by atoms with E-state index in [1.807, 2.05) is 6.92 Å². The van der Waals surface area contributed by atoms with Crippen molar-refractivity contribution in [2.45, 2.75) is 31.6 Å². The van der Waals surface area contributed by atoms with Gasteiger partial charge in [-0.2, -0.15) is 21.4 Å². The number of fused-ring (bicyclic) bond motifs is 1. The first kappa shape index (κ1) is 15.9. The van der Waals surface area contributed by atoms with E-state index in [-0.39, 0.29) is 5.56 Å². The van der Waals surface area contributed by atoms with Gasteiger partial charge in [-0.3, -0.25) is 9.59 Å². The maximum absolute atomic E-state index is 11.9. The fourth-order valence-corrected chi connectivity index (χ4v) is 3.40. The highest BCUT2D eigenvalue weighted by Gasteiger charge is 2.11. The molecular weight excluding hydrogens is 312 g/mol. The lowest BCUT2D eigenvalue weighted by Crippen LogP contribution is -2.30. The zero-order valence-electron chi connectivity index (χ0n) is 11.5. The average Bonchev–Trinajstić information content (AvgIpc) is 2.87. The van der Waals surface area contributed by atoms with Gasteiger partial charge in [0.1, 0.15) is 11.0 Å². The van der Waals surface area contributed by atoms with Gasteiger partial charge in [-0.05, 0) is 18.6 Å². The minimum atomic E-state index is -0.995. The molecule has 0 aromatic carbocycles. The number of nitrogens with zero attached hydrogens (tertiary/aromatic N) is 3. The number of aryl methyl sites for hydroxylation is 1. The van der Waals surface area contributed by atoms with Gasteiger partial charge in [0.15, 0.2) is 0 Å². The van der Waals surface area contributed by atoms with Gasteiger partial charge in [0.2, 0.25) is 4.96 Å². The number of rotatable bonds is 7. The first-order valence-electron chi connectivity index (χ1n) is 6.46. The van der Waals surface area contributed by atoms with Crippen LogP contribution >= 0.6 is 23.1 Å². The highest BCUT2D eigenvalue weighted by molar-refractivity contribution is 7.98. The van der Waals surface area contributed by atoms with Crippen molar-refractivity contribution < 1.29 is 9.90 Å². The molecule has 3 N–H and O–H groups in total. The van der Waals surface area contributed by atoms with Gasteiger partial charge >= 0.3 is 5.97 Å². The van der Waals surface area contributed by atoms with Crippen molar-refractivity contribution in [3.8, 4) is 0 Å². The van der Waals surface area contributed by atoms with Crippen LogP contribution in [-0.4, -0.2) is 37.5 Å². The fourth-order valence-electron chi connectivity index (χ4n) is 1.62. The van der Waals surface area contributed by atoms with Crippen molar-refractivity contribution in [3.63, 3.8) is 0 Å².